The third-order valence-electron chi connectivity index (χ3n) is 12.5. The molecule has 13 rings (SSSR count). The van der Waals surface area contributed by atoms with E-state index in [1.165, 1.54) is 26.9 Å². The minimum absolute atomic E-state index is 0.575. The highest BCUT2D eigenvalue weighted by molar-refractivity contribution is 6.14. The summed E-state index contributed by atoms with van der Waals surface area (Å²) >= 11 is 0. The highest BCUT2D eigenvalue weighted by Gasteiger charge is 2.19. The SMILES string of the molecule is c1ccc(-c2nc(-c3ccc(-c4cccnc4)cc3)nc(-c3cc(-c4ccc5c(c4)oc4cc6ccccc6cc45)cc(-n4c5ccccc5c5cc6ccccc6cc54)c3)n2)cc1. The Morgan fingerprint density at radius 1 is 0.328 bits per heavy atom. The monoisotopic (exact) mass is 817 g/mol. The van der Waals surface area contributed by atoms with Crippen molar-refractivity contribution >= 4 is 65.3 Å². The highest BCUT2D eigenvalue weighted by Crippen LogP contribution is 2.40. The summed E-state index contributed by atoms with van der Waals surface area (Å²) in [6.07, 6.45) is 3.67. The van der Waals surface area contributed by atoms with E-state index in [0.29, 0.717) is 17.5 Å². The van der Waals surface area contributed by atoms with E-state index in [1.807, 2.05) is 42.6 Å². The van der Waals surface area contributed by atoms with E-state index in [4.69, 9.17) is 19.4 Å². The van der Waals surface area contributed by atoms with Gasteiger partial charge in [0, 0.05) is 56.3 Å². The summed E-state index contributed by atoms with van der Waals surface area (Å²) in [5.74, 6) is 1.77. The fourth-order valence-electron chi connectivity index (χ4n) is 9.31. The minimum atomic E-state index is 0.575. The lowest BCUT2D eigenvalue weighted by atomic mass is 9.99. The van der Waals surface area contributed by atoms with E-state index in [-0.39, 0.29) is 0 Å². The van der Waals surface area contributed by atoms with E-state index < -0.39 is 0 Å². The van der Waals surface area contributed by atoms with E-state index in [0.717, 1.165) is 83.0 Å². The average Bonchev–Trinajstić information content (AvgIpc) is 3.89. The summed E-state index contributed by atoms with van der Waals surface area (Å²) in [5, 5.41) is 9.30. The van der Waals surface area contributed by atoms with Gasteiger partial charge in [-0.25, -0.2) is 15.0 Å². The molecule has 0 N–H and O–H groups in total. The van der Waals surface area contributed by atoms with Crippen LogP contribution in [0.4, 0.5) is 0 Å². The van der Waals surface area contributed by atoms with E-state index >= 15 is 0 Å². The summed E-state index contributed by atoms with van der Waals surface area (Å²) < 4.78 is 9.00. The first-order chi connectivity index (χ1) is 31.7. The molecule has 0 amide bonds. The average molecular weight is 818 g/mol. The Morgan fingerprint density at radius 3 is 1.66 bits per heavy atom. The Bertz CT molecular complexity index is 3950. The molecule has 64 heavy (non-hydrogen) atoms. The van der Waals surface area contributed by atoms with Gasteiger partial charge in [0.2, 0.25) is 0 Å². The topological polar surface area (TPSA) is 69.6 Å². The molecule has 0 saturated carbocycles. The lowest BCUT2D eigenvalue weighted by molar-refractivity contribution is 0.669. The largest absolute Gasteiger partial charge is 0.456 e. The number of hydrogen-bond acceptors (Lipinski definition) is 5. The summed E-state index contributed by atoms with van der Waals surface area (Å²) in [7, 11) is 0. The van der Waals surface area contributed by atoms with Crippen molar-refractivity contribution in [3.63, 3.8) is 0 Å². The van der Waals surface area contributed by atoms with E-state index in [1.54, 1.807) is 6.20 Å². The number of rotatable bonds is 6. The Morgan fingerprint density at radius 2 is 0.906 bits per heavy atom. The number of pyridine rings is 1. The predicted octanol–water partition coefficient (Wildman–Crippen LogP) is 14.9. The van der Waals surface area contributed by atoms with Gasteiger partial charge in [0.15, 0.2) is 17.5 Å². The van der Waals surface area contributed by atoms with Crippen LogP contribution in [-0.2, 0) is 0 Å². The number of furan rings is 1. The molecule has 0 aliphatic rings. The van der Waals surface area contributed by atoms with Crippen LogP contribution in [0.25, 0.3) is 127 Å². The Hall–Kier alpha value is -8.74. The molecule has 0 radical (unpaired) electrons. The second kappa shape index (κ2) is 14.4. The highest BCUT2D eigenvalue weighted by atomic mass is 16.3. The van der Waals surface area contributed by atoms with Crippen molar-refractivity contribution in [2.75, 3.05) is 0 Å². The van der Waals surface area contributed by atoms with E-state index in [2.05, 4.69) is 173 Å². The van der Waals surface area contributed by atoms with Crippen molar-refractivity contribution in [2.45, 2.75) is 0 Å². The molecular formula is C58H35N5O. The molecule has 6 nitrogen and oxygen atoms in total. The maximum Gasteiger partial charge on any atom is 0.164 e. The molecule has 0 atom stereocenters. The molecule has 0 aliphatic heterocycles. The van der Waals surface area contributed by atoms with Gasteiger partial charge < -0.3 is 8.98 Å². The summed E-state index contributed by atoms with van der Waals surface area (Å²) in [5.41, 5.74) is 11.8. The van der Waals surface area contributed by atoms with Gasteiger partial charge >= 0.3 is 0 Å². The first kappa shape index (κ1) is 36.0. The molecule has 0 unspecified atom stereocenters. The van der Waals surface area contributed by atoms with Gasteiger partial charge in [0.1, 0.15) is 11.2 Å². The van der Waals surface area contributed by atoms with Gasteiger partial charge in [-0.1, -0.05) is 133 Å². The molecule has 0 aliphatic carbocycles. The first-order valence-electron chi connectivity index (χ1n) is 21.4. The fraction of sp³-hybridized carbons (Fsp3) is 0. The first-order valence-corrected chi connectivity index (χ1v) is 21.4. The van der Waals surface area contributed by atoms with Crippen molar-refractivity contribution < 1.29 is 4.42 Å². The van der Waals surface area contributed by atoms with Crippen molar-refractivity contribution in [3.05, 3.63) is 213 Å². The summed E-state index contributed by atoms with van der Waals surface area (Å²) in [4.78, 5) is 19.9. The third-order valence-corrected chi connectivity index (χ3v) is 12.5. The number of benzene rings is 9. The molecule has 9 aromatic carbocycles. The lowest BCUT2D eigenvalue weighted by Crippen LogP contribution is -2.02. The Labute approximate surface area is 367 Å². The maximum atomic E-state index is 6.62. The van der Waals surface area contributed by atoms with Gasteiger partial charge in [-0.3, -0.25) is 4.98 Å². The molecule has 0 fully saturated rings. The van der Waals surface area contributed by atoms with Crippen molar-refractivity contribution in [1.82, 2.24) is 24.5 Å². The zero-order valence-corrected chi connectivity index (χ0v) is 34.4. The van der Waals surface area contributed by atoms with Crippen LogP contribution >= 0.6 is 0 Å². The van der Waals surface area contributed by atoms with Crippen molar-refractivity contribution in [2.24, 2.45) is 0 Å². The quantitative estimate of drug-likeness (QED) is 0.167. The van der Waals surface area contributed by atoms with Crippen LogP contribution in [-0.4, -0.2) is 24.5 Å². The van der Waals surface area contributed by atoms with Gasteiger partial charge in [-0.2, -0.15) is 0 Å². The van der Waals surface area contributed by atoms with Crippen LogP contribution in [0.1, 0.15) is 0 Å². The normalized spacial score (nSPS) is 11.8. The zero-order chi connectivity index (χ0) is 42.1. The number of para-hydroxylation sites is 1. The molecular weight excluding hydrogens is 783 g/mol. The number of fused-ring (bicyclic) bond motifs is 8. The molecule has 298 valence electrons. The van der Waals surface area contributed by atoms with Gasteiger partial charge in [-0.15, -0.1) is 0 Å². The van der Waals surface area contributed by atoms with Gasteiger partial charge in [-0.05, 0) is 111 Å². The van der Waals surface area contributed by atoms with Crippen LogP contribution in [0.3, 0.4) is 0 Å². The van der Waals surface area contributed by atoms with Crippen LogP contribution in [0.15, 0.2) is 217 Å². The Balaban J connectivity index is 1.05. The second-order valence-corrected chi connectivity index (χ2v) is 16.3. The van der Waals surface area contributed by atoms with Crippen molar-refractivity contribution in [1.29, 1.82) is 0 Å². The van der Waals surface area contributed by atoms with Crippen molar-refractivity contribution in [3.8, 4) is 62.1 Å². The Kier molecular flexibility index (Phi) is 8.11. The van der Waals surface area contributed by atoms with Gasteiger partial charge in [0.05, 0.1) is 11.0 Å². The molecule has 0 spiro atoms. The number of aromatic nitrogens is 5. The zero-order valence-electron chi connectivity index (χ0n) is 34.4. The predicted molar refractivity (Wildman–Crippen MR) is 261 cm³/mol. The van der Waals surface area contributed by atoms with Gasteiger partial charge in [0.25, 0.3) is 0 Å². The number of nitrogens with zero attached hydrogens (tertiary/aromatic N) is 5. The van der Waals surface area contributed by atoms with Crippen LogP contribution in [0.5, 0.6) is 0 Å². The van der Waals surface area contributed by atoms with E-state index in [9.17, 15) is 0 Å². The molecule has 4 heterocycles. The maximum absolute atomic E-state index is 6.62. The third kappa shape index (κ3) is 6.03. The smallest absolute Gasteiger partial charge is 0.164 e. The fourth-order valence-corrected chi connectivity index (χ4v) is 9.31. The molecule has 4 aromatic heterocycles. The lowest BCUT2D eigenvalue weighted by Gasteiger charge is -2.15. The standard InChI is InChI=1S/C58H35N5O/c1-2-11-37(12-3-1)56-60-57(38-22-20-36(21-23-38)44-17-10-26-59-35-44)62-58(61-56)46-27-45(43-24-25-49-51-31-40-14-5-7-16-42(40)33-55(51)64-54(49)34-43)28-47(29-46)63-52-19-9-8-18-48(52)50-30-39-13-4-6-15-41(39)32-53(50)63/h1-35H. The minimum Gasteiger partial charge on any atom is -0.456 e. The molecule has 13 aromatic rings. The number of hydrogen-bond donors (Lipinski definition) is 0. The second-order valence-electron chi connectivity index (χ2n) is 16.3. The van der Waals surface area contributed by atoms with Crippen LogP contribution < -0.4 is 0 Å². The molecule has 0 saturated heterocycles. The molecule has 6 heteroatoms. The summed E-state index contributed by atoms with van der Waals surface area (Å²) in [6, 6.07) is 70.4. The van der Waals surface area contributed by atoms with Crippen LogP contribution in [0, 0.1) is 0 Å². The molecule has 0 bridgehead atoms. The van der Waals surface area contributed by atoms with Crippen LogP contribution in [0.2, 0.25) is 0 Å². The summed E-state index contributed by atoms with van der Waals surface area (Å²) in [6.45, 7) is 0.